The summed E-state index contributed by atoms with van der Waals surface area (Å²) in [6.07, 6.45) is 1.64. The maximum atomic E-state index is 13.0. The van der Waals surface area contributed by atoms with Gasteiger partial charge in [0, 0.05) is 59.5 Å². The van der Waals surface area contributed by atoms with E-state index >= 15 is 0 Å². The lowest BCUT2D eigenvalue weighted by Gasteiger charge is -2.38. The van der Waals surface area contributed by atoms with Crippen LogP contribution in [-0.2, 0) is 24.5 Å². The third kappa shape index (κ3) is 6.03. The number of carbonyl (C=O) groups is 2. The lowest BCUT2D eigenvalue weighted by molar-refractivity contribution is -0.126. The number of nitrogens with zero attached hydrogens (tertiary/aromatic N) is 3. The van der Waals surface area contributed by atoms with Crippen molar-refractivity contribution < 1.29 is 27.5 Å². The Morgan fingerprint density at radius 2 is 1.82 bits per heavy atom. The van der Waals surface area contributed by atoms with Crippen LogP contribution in [0, 0.1) is 5.92 Å². The molecule has 2 aliphatic heterocycles. The molecule has 0 aromatic carbocycles. The van der Waals surface area contributed by atoms with E-state index < -0.39 is 16.3 Å². The highest BCUT2D eigenvalue weighted by Gasteiger charge is 2.37. The van der Waals surface area contributed by atoms with Crippen molar-refractivity contribution in [1.29, 1.82) is 0 Å². The molecule has 10 nitrogen and oxygen atoms in total. The minimum atomic E-state index is -3.65. The van der Waals surface area contributed by atoms with Gasteiger partial charge in [0.2, 0.25) is 5.91 Å². The molecule has 2 amide bonds. The van der Waals surface area contributed by atoms with Gasteiger partial charge >= 0.3 is 6.09 Å². The molecule has 162 valence electrons. The molecular weight excluding hydrogens is 388 g/mol. The van der Waals surface area contributed by atoms with Gasteiger partial charge in [-0.15, -0.1) is 0 Å². The Morgan fingerprint density at radius 1 is 1.11 bits per heavy atom. The molecule has 1 N–H and O–H groups in total. The standard InChI is InChI=1S/C17H32N4O6S/c1-3-27-17(23)19-9-11-20(12-10-19)28(24,25)21-8-4-6-15(14-21)16(22)18-7-5-13-26-2/h15H,3-14H2,1-2H3,(H,18,22)/t15-/m0/s1. The summed E-state index contributed by atoms with van der Waals surface area (Å²) in [5, 5.41) is 2.86. The predicted octanol–water partition coefficient (Wildman–Crippen LogP) is -0.130. The van der Waals surface area contributed by atoms with Crippen LogP contribution in [0.1, 0.15) is 26.2 Å². The number of nitrogens with one attached hydrogen (secondary N) is 1. The predicted molar refractivity (Wildman–Crippen MR) is 103 cm³/mol. The van der Waals surface area contributed by atoms with Crippen LogP contribution in [0.4, 0.5) is 4.79 Å². The van der Waals surface area contributed by atoms with E-state index in [-0.39, 0.29) is 31.5 Å². The normalized spacial score (nSPS) is 22.1. The van der Waals surface area contributed by atoms with Crippen molar-refractivity contribution in [3.05, 3.63) is 0 Å². The van der Waals surface area contributed by atoms with Crippen molar-refractivity contribution in [3.8, 4) is 0 Å². The highest BCUT2D eigenvalue weighted by molar-refractivity contribution is 7.86. The first-order valence-corrected chi connectivity index (χ1v) is 11.2. The summed E-state index contributed by atoms with van der Waals surface area (Å²) in [7, 11) is -2.04. The summed E-state index contributed by atoms with van der Waals surface area (Å²) in [4.78, 5) is 25.6. The van der Waals surface area contributed by atoms with Crippen LogP contribution in [0.25, 0.3) is 0 Å². The van der Waals surface area contributed by atoms with Gasteiger partial charge in [0.05, 0.1) is 12.5 Å². The zero-order valence-electron chi connectivity index (χ0n) is 16.8. The van der Waals surface area contributed by atoms with Gasteiger partial charge in [0.1, 0.15) is 0 Å². The quantitative estimate of drug-likeness (QED) is 0.548. The second-order valence-corrected chi connectivity index (χ2v) is 8.86. The Balaban J connectivity index is 1.87. The first kappa shape index (κ1) is 22.9. The molecule has 2 aliphatic rings. The molecular formula is C17H32N4O6S. The third-order valence-electron chi connectivity index (χ3n) is 5.00. The molecule has 28 heavy (non-hydrogen) atoms. The summed E-state index contributed by atoms with van der Waals surface area (Å²) in [6.45, 7) is 4.78. The van der Waals surface area contributed by atoms with Gasteiger partial charge in [-0.05, 0) is 26.2 Å². The number of carbonyl (C=O) groups excluding carboxylic acids is 2. The fraction of sp³-hybridized carbons (Fsp3) is 0.882. The van der Waals surface area contributed by atoms with Crippen LogP contribution in [0.3, 0.4) is 0 Å². The summed E-state index contributed by atoms with van der Waals surface area (Å²) < 4.78 is 38.7. The fourth-order valence-corrected chi connectivity index (χ4v) is 5.10. The van der Waals surface area contributed by atoms with Crippen LogP contribution in [0.15, 0.2) is 0 Å². The van der Waals surface area contributed by atoms with E-state index in [9.17, 15) is 18.0 Å². The number of ether oxygens (including phenoxy) is 2. The van der Waals surface area contributed by atoms with E-state index in [1.165, 1.54) is 13.5 Å². The molecule has 2 rings (SSSR count). The molecule has 0 unspecified atom stereocenters. The molecule has 0 aliphatic carbocycles. The number of hydrogen-bond acceptors (Lipinski definition) is 6. The first-order chi connectivity index (χ1) is 13.4. The Hall–Kier alpha value is -1.43. The molecule has 0 aromatic rings. The van der Waals surface area contributed by atoms with Gasteiger partial charge in [-0.2, -0.15) is 17.0 Å². The van der Waals surface area contributed by atoms with Gasteiger partial charge in [-0.1, -0.05) is 0 Å². The zero-order valence-corrected chi connectivity index (χ0v) is 17.6. The number of hydrogen-bond donors (Lipinski definition) is 1. The van der Waals surface area contributed by atoms with Crippen molar-refractivity contribution in [1.82, 2.24) is 18.8 Å². The van der Waals surface area contributed by atoms with Crippen LogP contribution < -0.4 is 5.32 Å². The molecule has 11 heteroatoms. The average molecular weight is 421 g/mol. The minimum absolute atomic E-state index is 0.108. The van der Waals surface area contributed by atoms with Gasteiger partial charge in [-0.25, -0.2) is 4.79 Å². The molecule has 0 radical (unpaired) electrons. The van der Waals surface area contributed by atoms with Crippen LogP contribution >= 0.6 is 0 Å². The maximum absolute atomic E-state index is 13.0. The average Bonchev–Trinajstić information content (AvgIpc) is 2.71. The maximum Gasteiger partial charge on any atom is 0.409 e. The molecule has 2 fully saturated rings. The Morgan fingerprint density at radius 3 is 2.46 bits per heavy atom. The molecule has 1 atom stereocenters. The van der Waals surface area contributed by atoms with Gasteiger partial charge in [-0.3, -0.25) is 4.79 Å². The number of piperidine rings is 1. The van der Waals surface area contributed by atoms with Crippen molar-refractivity contribution in [2.24, 2.45) is 5.92 Å². The lowest BCUT2D eigenvalue weighted by atomic mass is 9.99. The van der Waals surface area contributed by atoms with E-state index in [2.05, 4.69) is 5.32 Å². The largest absolute Gasteiger partial charge is 0.450 e. The SMILES string of the molecule is CCOC(=O)N1CCN(S(=O)(=O)N2CCC[C@H](C(=O)NCCCOC)C2)CC1. The number of amides is 2. The van der Waals surface area contributed by atoms with E-state index in [4.69, 9.17) is 9.47 Å². The summed E-state index contributed by atoms with van der Waals surface area (Å²) in [5.74, 6) is -0.449. The zero-order chi connectivity index (χ0) is 20.6. The van der Waals surface area contributed by atoms with Gasteiger partial charge in [0.15, 0.2) is 0 Å². The molecule has 0 aromatic heterocycles. The minimum Gasteiger partial charge on any atom is -0.450 e. The smallest absolute Gasteiger partial charge is 0.409 e. The summed E-state index contributed by atoms with van der Waals surface area (Å²) in [6, 6.07) is 0. The summed E-state index contributed by atoms with van der Waals surface area (Å²) in [5.41, 5.74) is 0. The van der Waals surface area contributed by atoms with E-state index in [1.807, 2.05) is 0 Å². The van der Waals surface area contributed by atoms with Crippen molar-refractivity contribution >= 4 is 22.2 Å². The lowest BCUT2D eigenvalue weighted by Crippen LogP contribution is -2.56. The van der Waals surface area contributed by atoms with Crippen molar-refractivity contribution in [2.75, 3.05) is 66.1 Å². The molecule has 0 spiro atoms. The number of piperazine rings is 1. The highest BCUT2D eigenvalue weighted by Crippen LogP contribution is 2.22. The molecule has 0 bridgehead atoms. The van der Waals surface area contributed by atoms with Gasteiger partial charge in [0.25, 0.3) is 10.2 Å². The Bertz CT molecular complexity index is 621. The van der Waals surface area contributed by atoms with Crippen LogP contribution in [0.2, 0.25) is 0 Å². The Kier molecular flexibility index (Phi) is 8.93. The van der Waals surface area contributed by atoms with Crippen LogP contribution in [-0.4, -0.2) is 100 Å². The van der Waals surface area contributed by atoms with E-state index in [1.54, 1.807) is 14.0 Å². The fourth-order valence-electron chi connectivity index (χ4n) is 3.42. The van der Waals surface area contributed by atoms with Crippen LogP contribution in [0.5, 0.6) is 0 Å². The molecule has 2 heterocycles. The number of methoxy groups -OCH3 is 1. The molecule has 2 saturated heterocycles. The first-order valence-electron chi connectivity index (χ1n) is 9.83. The second kappa shape index (κ2) is 10.9. The van der Waals surface area contributed by atoms with Gasteiger partial charge < -0.3 is 19.7 Å². The Labute approximate surface area is 167 Å². The van der Waals surface area contributed by atoms with Crippen molar-refractivity contribution in [2.45, 2.75) is 26.2 Å². The highest BCUT2D eigenvalue weighted by atomic mass is 32.2. The van der Waals surface area contributed by atoms with E-state index in [0.29, 0.717) is 52.2 Å². The third-order valence-corrected chi connectivity index (χ3v) is 7.00. The van der Waals surface area contributed by atoms with Crippen molar-refractivity contribution in [3.63, 3.8) is 0 Å². The van der Waals surface area contributed by atoms with E-state index in [0.717, 1.165) is 6.42 Å². The second-order valence-electron chi connectivity index (χ2n) is 6.93. The number of rotatable bonds is 8. The molecule has 0 saturated carbocycles. The monoisotopic (exact) mass is 420 g/mol. The summed E-state index contributed by atoms with van der Waals surface area (Å²) >= 11 is 0. The topological polar surface area (TPSA) is 108 Å².